The van der Waals surface area contributed by atoms with Gasteiger partial charge in [0.25, 0.3) is 0 Å². The molecular weight excluding hydrogens is 283 g/mol. The van der Waals surface area contributed by atoms with E-state index in [0.717, 1.165) is 17.0 Å². The van der Waals surface area contributed by atoms with Crippen LogP contribution in [-0.2, 0) is 0 Å². The molecule has 4 rings (SSSR count). The number of halogens is 2. The highest BCUT2D eigenvalue weighted by molar-refractivity contribution is 7.71. The predicted octanol–water partition coefficient (Wildman–Crippen LogP) is 4.85. The van der Waals surface area contributed by atoms with Crippen LogP contribution in [-0.4, -0.2) is 9.55 Å². The van der Waals surface area contributed by atoms with Crippen LogP contribution in [0, 0.1) is 22.4 Å². The fourth-order valence-corrected chi connectivity index (χ4v) is 4.48. The van der Waals surface area contributed by atoms with E-state index >= 15 is 0 Å². The molecule has 2 fully saturated rings. The molecule has 0 amide bonds. The van der Waals surface area contributed by atoms with Gasteiger partial charge in [0.1, 0.15) is 5.82 Å². The highest BCUT2D eigenvalue weighted by atomic mass is 35.5. The molecule has 2 aromatic rings. The van der Waals surface area contributed by atoms with Gasteiger partial charge in [0.05, 0.1) is 16.1 Å². The lowest BCUT2D eigenvalue weighted by molar-refractivity contribution is 0.333. The molecule has 3 atom stereocenters. The summed E-state index contributed by atoms with van der Waals surface area (Å²) in [4.78, 5) is 3.16. The molecule has 3 unspecified atom stereocenters. The van der Waals surface area contributed by atoms with E-state index in [9.17, 15) is 4.39 Å². The first-order valence-corrected chi connectivity index (χ1v) is 7.51. The van der Waals surface area contributed by atoms with Crippen LogP contribution in [0.5, 0.6) is 0 Å². The summed E-state index contributed by atoms with van der Waals surface area (Å²) in [6.07, 6.45) is 5.10. The third kappa shape index (κ3) is 1.69. The van der Waals surface area contributed by atoms with Gasteiger partial charge in [-0.05, 0) is 49.4 Å². The minimum Gasteiger partial charge on any atom is -0.331 e. The van der Waals surface area contributed by atoms with Gasteiger partial charge in [-0.3, -0.25) is 0 Å². The Morgan fingerprint density at radius 1 is 1.32 bits per heavy atom. The maximum Gasteiger partial charge on any atom is 0.178 e. The average Bonchev–Trinajstić information content (AvgIpc) is 3.03. The molecule has 1 heterocycles. The largest absolute Gasteiger partial charge is 0.331 e. The Labute approximate surface area is 120 Å². The maximum atomic E-state index is 13.7. The Balaban J connectivity index is 1.92. The fourth-order valence-electron chi connectivity index (χ4n) is 3.98. The van der Waals surface area contributed by atoms with Gasteiger partial charge < -0.3 is 9.55 Å². The standard InChI is InChI=1S/C14H14ClFN2S/c15-9-5-11-13(6-10(9)16)18(14(19)17-11)12-4-7-1-2-8(12)3-7/h5-8,12H,1-4H2,(H,17,19). The molecule has 19 heavy (non-hydrogen) atoms. The third-order valence-corrected chi connectivity index (χ3v) is 5.38. The minimum atomic E-state index is -0.375. The molecule has 2 aliphatic rings. The molecule has 0 radical (unpaired) electrons. The van der Waals surface area contributed by atoms with Crippen LogP contribution in [0.2, 0.25) is 5.02 Å². The monoisotopic (exact) mass is 296 g/mol. The summed E-state index contributed by atoms with van der Waals surface area (Å²) >= 11 is 11.3. The minimum absolute atomic E-state index is 0.142. The average molecular weight is 297 g/mol. The van der Waals surface area contributed by atoms with Crippen LogP contribution < -0.4 is 0 Å². The molecule has 0 saturated heterocycles. The number of fused-ring (bicyclic) bond motifs is 3. The van der Waals surface area contributed by atoms with Gasteiger partial charge in [-0.15, -0.1) is 0 Å². The Bertz CT molecular complexity index is 720. The van der Waals surface area contributed by atoms with Crippen molar-refractivity contribution in [3.8, 4) is 0 Å². The highest BCUT2D eigenvalue weighted by Crippen LogP contribution is 2.51. The van der Waals surface area contributed by atoms with Gasteiger partial charge in [0, 0.05) is 12.1 Å². The smallest absolute Gasteiger partial charge is 0.178 e. The first-order chi connectivity index (χ1) is 9.13. The van der Waals surface area contributed by atoms with Crippen molar-refractivity contribution < 1.29 is 4.39 Å². The second kappa shape index (κ2) is 4.06. The van der Waals surface area contributed by atoms with E-state index in [0.29, 0.717) is 16.7 Å². The zero-order valence-corrected chi connectivity index (χ0v) is 11.9. The normalized spacial score (nSPS) is 29.5. The van der Waals surface area contributed by atoms with E-state index in [4.69, 9.17) is 23.8 Å². The van der Waals surface area contributed by atoms with Crippen LogP contribution in [0.25, 0.3) is 11.0 Å². The number of H-pyrrole nitrogens is 1. The van der Waals surface area contributed by atoms with Crippen molar-refractivity contribution in [2.75, 3.05) is 0 Å². The van der Waals surface area contributed by atoms with Crippen molar-refractivity contribution in [2.45, 2.75) is 31.7 Å². The van der Waals surface area contributed by atoms with Crippen molar-refractivity contribution in [2.24, 2.45) is 11.8 Å². The topological polar surface area (TPSA) is 20.7 Å². The van der Waals surface area contributed by atoms with Crippen molar-refractivity contribution in [1.82, 2.24) is 9.55 Å². The van der Waals surface area contributed by atoms with Gasteiger partial charge in [0.2, 0.25) is 0 Å². The number of hydrogen-bond acceptors (Lipinski definition) is 1. The molecule has 1 aromatic heterocycles. The number of aromatic nitrogens is 2. The van der Waals surface area contributed by atoms with Crippen LogP contribution in [0.4, 0.5) is 4.39 Å². The molecule has 1 aromatic carbocycles. The molecule has 2 saturated carbocycles. The fraction of sp³-hybridized carbons (Fsp3) is 0.500. The number of rotatable bonds is 1. The van der Waals surface area contributed by atoms with Crippen LogP contribution in [0.15, 0.2) is 12.1 Å². The summed E-state index contributed by atoms with van der Waals surface area (Å²) < 4.78 is 16.5. The summed E-state index contributed by atoms with van der Waals surface area (Å²) in [5, 5.41) is 0.142. The molecule has 2 nitrogen and oxygen atoms in total. The summed E-state index contributed by atoms with van der Waals surface area (Å²) in [7, 11) is 0. The van der Waals surface area contributed by atoms with Crippen molar-refractivity contribution >= 4 is 34.9 Å². The van der Waals surface area contributed by atoms with E-state index in [2.05, 4.69) is 9.55 Å². The van der Waals surface area contributed by atoms with Gasteiger partial charge in [0.15, 0.2) is 4.77 Å². The lowest BCUT2D eigenvalue weighted by Crippen LogP contribution is -2.16. The first-order valence-electron chi connectivity index (χ1n) is 6.73. The van der Waals surface area contributed by atoms with Gasteiger partial charge in [-0.1, -0.05) is 18.0 Å². The second-order valence-electron chi connectivity index (χ2n) is 5.83. The number of nitrogens with zero attached hydrogens (tertiary/aromatic N) is 1. The Morgan fingerprint density at radius 2 is 2.16 bits per heavy atom. The Hall–Kier alpha value is -0.870. The molecule has 0 aliphatic heterocycles. The summed E-state index contributed by atoms with van der Waals surface area (Å²) in [5.41, 5.74) is 1.68. The van der Waals surface area contributed by atoms with Crippen molar-refractivity contribution in [3.05, 3.63) is 27.7 Å². The molecule has 100 valence electrons. The van der Waals surface area contributed by atoms with E-state index in [1.165, 1.54) is 31.7 Å². The first kappa shape index (κ1) is 11.9. The maximum absolute atomic E-state index is 13.7. The SMILES string of the molecule is Fc1cc2c(cc1Cl)[nH]c(=S)n2C1CC2CCC1C2. The van der Waals surface area contributed by atoms with Crippen LogP contribution in [0.1, 0.15) is 31.7 Å². The number of imidazole rings is 1. The molecule has 2 aliphatic carbocycles. The summed E-state index contributed by atoms with van der Waals surface area (Å²) in [6, 6.07) is 3.57. The number of hydrogen-bond donors (Lipinski definition) is 1. The quantitative estimate of drug-likeness (QED) is 0.746. The second-order valence-corrected chi connectivity index (χ2v) is 6.62. The van der Waals surface area contributed by atoms with Gasteiger partial charge in [-0.25, -0.2) is 4.39 Å². The highest BCUT2D eigenvalue weighted by Gasteiger charge is 2.41. The molecular formula is C14H14ClFN2S. The third-order valence-electron chi connectivity index (χ3n) is 4.79. The van der Waals surface area contributed by atoms with Crippen LogP contribution >= 0.6 is 23.8 Å². The van der Waals surface area contributed by atoms with Gasteiger partial charge >= 0.3 is 0 Å². The summed E-state index contributed by atoms with van der Waals surface area (Å²) in [5.74, 6) is 1.16. The zero-order valence-electron chi connectivity index (χ0n) is 10.3. The van der Waals surface area contributed by atoms with Crippen molar-refractivity contribution in [1.29, 1.82) is 0 Å². The van der Waals surface area contributed by atoms with Crippen molar-refractivity contribution in [3.63, 3.8) is 0 Å². The Kier molecular flexibility index (Phi) is 2.55. The number of nitrogens with one attached hydrogen (secondary N) is 1. The van der Waals surface area contributed by atoms with E-state index in [1.54, 1.807) is 6.07 Å². The lowest BCUT2D eigenvalue weighted by atomic mass is 9.95. The zero-order chi connectivity index (χ0) is 13.1. The van der Waals surface area contributed by atoms with E-state index in [1.807, 2.05) is 0 Å². The van der Waals surface area contributed by atoms with Crippen LogP contribution in [0.3, 0.4) is 0 Å². The lowest BCUT2D eigenvalue weighted by Gasteiger charge is -2.23. The molecule has 1 N–H and O–H groups in total. The number of benzene rings is 1. The van der Waals surface area contributed by atoms with E-state index in [-0.39, 0.29) is 10.8 Å². The number of aromatic amines is 1. The Morgan fingerprint density at radius 3 is 2.84 bits per heavy atom. The van der Waals surface area contributed by atoms with Gasteiger partial charge in [-0.2, -0.15) is 0 Å². The van der Waals surface area contributed by atoms with E-state index < -0.39 is 0 Å². The summed E-state index contributed by atoms with van der Waals surface area (Å²) in [6.45, 7) is 0. The molecule has 5 heteroatoms. The molecule has 0 spiro atoms. The predicted molar refractivity (Wildman–Crippen MR) is 76.6 cm³/mol. The molecule has 2 bridgehead atoms.